The van der Waals surface area contributed by atoms with Gasteiger partial charge in [0.15, 0.2) is 0 Å². The fraction of sp³-hybridized carbons (Fsp3) is 0.0909. The highest BCUT2D eigenvalue weighted by Gasteiger charge is 2.16. The van der Waals surface area contributed by atoms with Gasteiger partial charge in [0.05, 0.1) is 4.92 Å². The minimum atomic E-state index is -0.514. The van der Waals surface area contributed by atoms with E-state index in [1.54, 1.807) is 12.1 Å². The molecule has 7 nitrogen and oxygen atoms in total. The van der Waals surface area contributed by atoms with Crippen LogP contribution in [0.5, 0.6) is 11.6 Å². The van der Waals surface area contributed by atoms with E-state index in [4.69, 9.17) is 10.5 Å². The average Bonchev–Trinajstić information content (AvgIpc) is 2.32. The zero-order valence-corrected chi connectivity index (χ0v) is 9.53. The number of anilines is 1. The topological polar surface area (TPSA) is 104 Å². The van der Waals surface area contributed by atoms with E-state index in [1.165, 1.54) is 18.2 Å². The molecular weight excluding hydrogens is 236 g/mol. The lowest BCUT2D eigenvalue weighted by Gasteiger charge is -2.05. The lowest BCUT2D eigenvalue weighted by Crippen LogP contribution is -1.97. The molecule has 0 fully saturated rings. The zero-order chi connectivity index (χ0) is 13.1. The first-order chi connectivity index (χ1) is 8.56. The van der Waals surface area contributed by atoms with E-state index in [2.05, 4.69) is 10.2 Å². The smallest absolute Gasteiger partial charge is 0.311 e. The van der Waals surface area contributed by atoms with Gasteiger partial charge in [0, 0.05) is 12.1 Å². The number of nitro groups is 1. The van der Waals surface area contributed by atoms with E-state index >= 15 is 0 Å². The third-order valence-corrected chi connectivity index (χ3v) is 2.19. The quantitative estimate of drug-likeness (QED) is 0.656. The Balaban J connectivity index is 2.35. The van der Waals surface area contributed by atoms with Crippen LogP contribution in [0.4, 0.5) is 11.5 Å². The summed E-state index contributed by atoms with van der Waals surface area (Å²) in [6.07, 6.45) is 0. The molecule has 2 aromatic rings. The summed E-state index contributed by atoms with van der Waals surface area (Å²) in [7, 11) is 0. The van der Waals surface area contributed by atoms with Gasteiger partial charge in [-0.3, -0.25) is 10.1 Å². The zero-order valence-electron chi connectivity index (χ0n) is 9.53. The molecule has 0 unspecified atom stereocenters. The van der Waals surface area contributed by atoms with Gasteiger partial charge in [0.1, 0.15) is 5.82 Å². The summed E-state index contributed by atoms with van der Waals surface area (Å²) in [4.78, 5) is 10.3. The highest BCUT2D eigenvalue weighted by molar-refractivity contribution is 5.49. The Morgan fingerprint density at radius 1 is 1.28 bits per heavy atom. The molecule has 0 aliphatic rings. The van der Waals surface area contributed by atoms with Crippen LogP contribution in [0.3, 0.4) is 0 Å². The molecule has 0 atom stereocenters. The van der Waals surface area contributed by atoms with E-state index in [0.717, 1.165) is 5.56 Å². The molecule has 2 rings (SSSR count). The van der Waals surface area contributed by atoms with Gasteiger partial charge in [-0.05, 0) is 24.6 Å². The Morgan fingerprint density at radius 2 is 2.06 bits per heavy atom. The summed E-state index contributed by atoms with van der Waals surface area (Å²) in [6, 6.07) is 7.59. The van der Waals surface area contributed by atoms with E-state index in [-0.39, 0.29) is 23.1 Å². The highest BCUT2D eigenvalue weighted by Crippen LogP contribution is 2.31. The molecule has 0 bridgehead atoms. The van der Waals surface area contributed by atoms with Gasteiger partial charge in [0.25, 0.3) is 0 Å². The number of benzene rings is 1. The molecule has 92 valence electrons. The van der Waals surface area contributed by atoms with Gasteiger partial charge in [-0.15, -0.1) is 10.2 Å². The lowest BCUT2D eigenvalue weighted by atomic mass is 10.2. The van der Waals surface area contributed by atoms with Gasteiger partial charge in [-0.1, -0.05) is 6.07 Å². The van der Waals surface area contributed by atoms with Gasteiger partial charge >= 0.3 is 5.69 Å². The number of nitrogens with two attached hydrogens (primary N) is 1. The summed E-state index contributed by atoms with van der Waals surface area (Å²) in [6.45, 7) is 1.81. The Hall–Kier alpha value is -2.70. The molecule has 0 aliphatic carbocycles. The summed E-state index contributed by atoms with van der Waals surface area (Å²) in [5.41, 5.74) is 6.11. The third kappa shape index (κ3) is 2.51. The van der Waals surface area contributed by atoms with E-state index in [1.807, 2.05) is 6.92 Å². The number of aryl methyl sites for hydroxylation is 1. The Morgan fingerprint density at radius 3 is 2.67 bits per heavy atom. The van der Waals surface area contributed by atoms with Crippen LogP contribution in [-0.2, 0) is 0 Å². The molecular formula is C11H10N4O3. The summed E-state index contributed by atoms with van der Waals surface area (Å²) < 4.78 is 5.34. The molecule has 2 N–H and O–H groups in total. The number of nitrogen functional groups attached to an aromatic ring is 1. The first-order valence-electron chi connectivity index (χ1n) is 5.08. The number of aromatic nitrogens is 2. The SMILES string of the molecule is Cc1ccc([N+](=O)[O-])c(Oc2ccc(N)nn2)c1. The van der Waals surface area contributed by atoms with Crippen LogP contribution in [-0.4, -0.2) is 15.1 Å². The predicted octanol–water partition coefficient (Wildman–Crippen LogP) is 2.07. The van der Waals surface area contributed by atoms with Crippen molar-refractivity contribution in [3.63, 3.8) is 0 Å². The second-order valence-corrected chi connectivity index (χ2v) is 3.63. The lowest BCUT2D eigenvalue weighted by molar-refractivity contribution is -0.385. The van der Waals surface area contributed by atoms with Crippen molar-refractivity contribution in [1.29, 1.82) is 0 Å². The molecule has 0 saturated heterocycles. The van der Waals surface area contributed by atoms with Crippen LogP contribution >= 0.6 is 0 Å². The number of hydrogen-bond donors (Lipinski definition) is 1. The summed E-state index contributed by atoms with van der Waals surface area (Å²) in [5, 5.41) is 18.1. The van der Waals surface area contributed by atoms with Crippen LogP contribution < -0.4 is 10.5 Å². The van der Waals surface area contributed by atoms with Crippen LogP contribution in [0.15, 0.2) is 30.3 Å². The first kappa shape index (κ1) is 11.8. The van der Waals surface area contributed by atoms with Gasteiger partial charge in [-0.2, -0.15) is 0 Å². The Kier molecular flexibility index (Phi) is 3.05. The maximum Gasteiger partial charge on any atom is 0.311 e. The molecule has 1 heterocycles. The number of rotatable bonds is 3. The maximum atomic E-state index is 10.8. The van der Waals surface area contributed by atoms with Crippen molar-refractivity contribution in [2.45, 2.75) is 6.92 Å². The second kappa shape index (κ2) is 4.66. The van der Waals surface area contributed by atoms with Crippen molar-refractivity contribution in [3.8, 4) is 11.6 Å². The monoisotopic (exact) mass is 246 g/mol. The number of nitro benzene ring substituents is 1. The van der Waals surface area contributed by atoms with Crippen LogP contribution in [0.1, 0.15) is 5.56 Å². The maximum absolute atomic E-state index is 10.8. The summed E-state index contributed by atoms with van der Waals surface area (Å²) >= 11 is 0. The third-order valence-electron chi connectivity index (χ3n) is 2.19. The van der Waals surface area contributed by atoms with E-state index < -0.39 is 4.92 Å². The minimum Gasteiger partial charge on any atom is -0.430 e. The summed E-state index contributed by atoms with van der Waals surface area (Å²) in [5.74, 6) is 0.526. The Bertz CT molecular complexity index is 583. The van der Waals surface area contributed by atoms with Crippen LogP contribution in [0.25, 0.3) is 0 Å². The minimum absolute atomic E-state index is 0.124. The number of hydrogen-bond acceptors (Lipinski definition) is 6. The molecule has 0 amide bonds. The van der Waals surface area contributed by atoms with Crippen molar-refractivity contribution in [2.24, 2.45) is 0 Å². The number of nitrogens with zero attached hydrogens (tertiary/aromatic N) is 3. The second-order valence-electron chi connectivity index (χ2n) is 3.63. The molecule has 1 aromatic heterocycles. The molecule has 0 radical (unpaired) electrons. The van der Waals surface area contributed by atoms with Gasteiger partial charge in [0.2, 0.25) is 11.6 Å². The fourth-order valence-corrected chi connectivity index (χ4v) is 1.35. The Labute approximate surface area is 102 Å². The predicted molar refractivity (Wildman–Crippen MR) is 64.4 cm³/mol. The molecule has 1 aromatic carbocycles. The molecule has 18 heavy (non-hydrogen) atoms. The van der Waals surface area contributed by atoms with Crippen molar-refractivity contribution in [2.75, 3.05) is 5.73 Å². The standard InChI is InChI=1S/C11H10N4O3/c1-7-2-3-8(15(16)17)9(6-7)18-11-5-4-10(12)13-14-11/h2-6H,1H3,(H2,12,13). The number of ether oxygens (including phenoxy) is 1. The normalized spacial score (nSPS) is 10.1. The highest BCUT2D eigenvalue weighted by atomic mass is 16.6. The molecule has 0 spiro atoms. The molecule has 0 aliphatic heterocycles. The first-order valence-corrected chi connectivity index (χ1v) is 5.08. The molecule has 7 heteroatoms. The van der Waals surface area contributed by atoms with Crippen molar-refractivity contribution >= 4 is 11.5 Å². The van der Waals surface area contributed by atoms with E-state index in [0.29, 0.717) is 0 Å². The van der Waals surface area contributed by atoms with Crippen LogP contribution in [0.2, 0.25) is 0 Å². The van der Waals surface area contributed by atoms with Crippen molar-refractivity contribution in [3.05, 3.63) is 46.0 Å². The fourth-order valence-electron chi connectivity index (χ4n) is 1.35. The van der Waals surface area contributed by atoms with Crippen LogP contribution in [0, 0.1) is 17.0 Å². The van der Waals surface area contributed by atoms with Crippen molar-refractivity contribution in [1.82, 2.24) is 10.2 Å². The van der Waals surface area contributed by atoms with Crippen molar-refractivity contribution < 1.29 is 9.66 Å². The van der Waals surface area contributed by atoms with Gasteiger partial charge in [-0.25, -0.2) is 0 Å². The van der Waals surface area contributed by atoms with Gasteiger partial charge < -0.3 is 10.5 Å². The average molecular weight is 246 g/mol. The largest absolute Gasteiger partial charge is 0.430 e. The molecule has 0 saturated carbocycles. The van der Waals surface area contributed by atoms with E-state index in [9.17, 15) is 10.1 Å².